The normalized spacial score (nSPS) is 15.6. The summed E-state index contributed by atoms with van der Waals surface area (Å²) in [5, 5.41) is 20.0. The quantitative estimate of drug-likeness (QED) is 0.711. The molecule has 152 valence electrons. The fraction of sp³-hybridized carbons (Fsp3) is 0.571. The molecule has 0 saturated heterocycles. The van der Waals surface area contributed by atoms with Crippen molar-refractivity contribution in [3.63, 3.8) is 0 Å². The second kappa shape index (κ2) is 8.31. The van der Waals surface area contributed by atoms with Gasteiger partial charge in [-0.2, -0.15) is 5.10 Å². The number of carbonyl (C=O) groups is 2. The maximum atomic E-state index is 12.7. The number of amides is 2. The number of pyridine rings is 1. The SMILES string of the molecule is CNC(=O)c1cn2nc(CCC(C)(C)O)cc2cc1NC(=O)C1CCCCC1. The zero-order chi connectivity index (χ0) is 20.3. The van der Waals surface area contributed by atoms with Crippen LogP contribution in [0.2, 0.25) is 0 Å². The summed E-state index contributed by atoms with van der Waals surface area (Å²) in [6.07, 6.45) is 8.00. The van der Waals surface area contributed by atoms with Crippen molar-refractivity contribution in [2.45, 2.75) is 64.4 Å². The van der Waals surface area contributed by atoms with Crippen LogP contribution < -0.4 is 10.6 Å². The van der Waals surface area contributed by atoms with Crippen molar-refractivity contribution in [3.05, 3.63) is 29.6 Å². The zero-order valence-corrected chi connectivity index (χ0v) is 16.9. The van der Waals surface area contributed by atoms with Gasteiger partial charge in [0.1, 0.15) is 0 Å². The van der Waals surface area contributed by atoms with Gasteiger partial charge in [-0.15, -0.1) is 0 Å². The van der Waals surface area contributed by atoms with Crippen LogP contribution in [-0.2, 0) is 11.2 Å². The van der Waals surface area contributed by atoms with Gasteiger partial charge in [-0.3, -0.25) is 9.59 Å². The highest BCUT2D eigenvalue weighted by atomic mass is 16.3. The molecule has 3 rings (SSSR count). The minimum absolute atomic E-state index is 0.00905. The summed E-state index contributed by atoms with van der Waals surface area (Å²) >= 11 is 0. The average Bonchev–Trinajstić information content (AvgIpc) is 3.07. The lowest BCUT2D eigenvalue weighted by Crippen LogP contribution is -2.27. The van der Waals surface area contributed by atoms with Gasteiger partial charge in [-0.05, 0) is 51.7 Å². The minimum atomic E-state index is -0.762. The molecule has 7 nitrogen and oxygen atoms in total. The molecule has 2 aromatic heterocycles. The first kappa shape index (κ1) is 20.3. The molecule has 0 spiro atoms. The second-order valence-corrected chi connectivity index (χ2v) is 8.32. The Hall–Kier alpha value is -2.41. The Morgan fingerprint density at radius 3 is 2.61 bits per heavy atom. The topological polar surface area (TPSA) is 95.7 Å². The molecule has 1 fully saturated rings. The van der Waals surface area contributed by atoms with Crippen LogP contribution in [0.3, 0.4) is 0 Å². The highest BCUT2D eigenvalue weighted by molar-refractivity contribution is 6.04. The summed E-state index contributed by atoms with van der Waals surface area (Å²) in [4.78, 5) is 25.1. The van der Waals surface area contributed by atoms with Crippen molar-refractivity contribution in [3.8, 4) is 0 Å². The molecule has 7 heteroatoms. The van der Waals surface area contributed by atoms with Gasteiger partial charge in [0.05, 0.1) is 28.1 Å². The minimum Gasteiger partial charge on any atom is -0.390 e. The molecule has 3 N–H and O–H groups in total. The van der Waals surface area contributed by atoms with Crippen LogP contribution in [0.25, 0.3) is 5.52 Å². The number of aryl methyl sites for hydroxylation is 1. The van der Waals surface area contributed by atoms with Crippen molar-refractivity contribution in [1.29, 1.82) is 0 Å². The van der Waals surface area contributed by atoms with Crippen molar-refractivity contribution < 1.29 is 14.7 Å². The first-order valence-electron chi connectivity index (χ1n) is 10.0. The highest BCUT2D eigenvalue weighted by Crippen LogP contribution is 2.27. The van der Waals surface area contributed by atoms with Crippen LogP contribution in [0.1, 0.15) is 68.4 Å². The van der Waals surface area contributed by atoms with Gasteiger partial charge in [0.25, 0.3) is 5.91 Å². The first-order valence-corrected chi connectivity index (χ1v) is 10.0. The van der Waals surface area contributed by atoms with E-state index in [0.717, 1.165) is 36.9 Å². The molecular weight excluding hydrogens is 356 g/mol. The molecule has 2 aromatic rings. The lowest BCUT2D eigenvalue weighted by atomic mass is 9.88. The number of nitrogens with zero attached hydrogens (tertiary/aromatic N) is 2. The van der Waals surface area contributed by atoms with Gasteiger partial charge in [0.2, 0.25) is 5.91 Å². The lowest BCUT2D eigenvalue weighted by molar-refractivity contribution is -0.120. The molecule has 0 aliphatic heterocycles. The molecule has 28 heavy (non-hydrogen) atoms. The standard InChI is InChI=1S/C21H30N4O3/c1-21(2,28)10-9-15-11-16-12-18(17(20(27)22-3)13-25(16)24-15)23-19(26)14-7-5-4-6-8-14/h11-14,28H,4-10H2,1-3H3,(H,22,27)(H,23,26). The fourth-order valence-corrected chi connectivity index (χ4v) is 3.67. The fourth-order valence-electron chi connectivity index (χ4n) is 3.67. The van der Waals surface area contributed by atoms with Crippen molar-refractivity contribution in [2.24, 2.45) is 5.92 Å². The molecule has 2 heterocycles. The summed E-state index contributed by atoms with van der Waals surface area (Å²) in [7, 11) is 1.57. The molecule has 0 aromatic carbocycles. The molecule has 0 unspecified atom stereocenters. The van der Waals surface area contributed by atoms with E-state index in [-0.39, 0.29) is 17.7 Å². The Labute approximate surface area is 165 Å². The molecule has 1 aliphatic rings. The Balaban J connectivity index is 1.88. The first-order chi connectivity index (χ1) is 13.3. The highest BCUT2D eigenvalue weighted by Gasteiger charge is 2.23. The molecule has 1 saturated carbocycles. The van der Waals surface area contributed by atoms with Gasteiger partial charge in [0.15, 0.2) is 0 Å². The number of aromatic nitrogens is 2. The third-order valence-corrected chi connectivity index (χ3v) is 5.35. The second-order valence-electron chi connectivity index (χ2n) is 8.32. The summed E-state index contributed by atoms with van der Waals surface area (Å²) in [6, 6.07) is 3.72. The number of aliphatic hydroxyl groups is 1. The van der Waals surface area contributed by atoms with E-state index in [1.807, 2.05) is 6.07 Å². The average molecular weight is 386 g/mol. The summed E-state index contributed by atoms with van der Waals surface area (Å²) in [5.74, 6) is -0.278. The van der Waals surface area contributed by atoms with Gasteiger partial charge in [-0.25, -0.2) is 4.52 Å². The van der Waals surface area contributed by atoms with E-state index in [0.29, 0.717) is 24.1 Å². The van der Waals surface area contributed by atoms with E-state index < -0.39 is 5.60 Å². The van der Waals surface area contributed by atoms with Gasteiger partial charge >= 0.3 is 0 Å². The van der Waals surface area contributed by atoms with Crippen molar-refractivity contribution in [1.82, 2.24) is 14.9 Å². The van der Waals surface area contributed by atoms with Crippen LogP contribution in [0, 0.1) is 5.92 Å². The molecule has 0 atom stereocenters. The maximum absolute atomic E-state index is 12.7. The number of hydrogen-bond donors (Lipinski definition) is 3. The zero-order valence-electron chi connectivity index (χ0n) is 16.9. The lowest BCUT2D eigenvalue weighted by Gasteiger charge is -2.21. The Morgan fingerprint density at radius 2 is 1.96 bits per heavy atom. The number of fused-ring (bicyclic) bond motifs is 1. The van der Waals surface area contributed by atoms with E-state index in [9.17, 15) is 14.7 Å². The Kier molecular flexibility index (Phi) is 6.03. The van der Waals surface area contributed by atoms with E-state index in [2.05, 4.69) is 15.7 Å². The van der Waals surface area contributed by atoms with Crippen LogP contribution in [0.5, 0.6) is 0 Å². The Morgan fingerprint density at radius 1 is 1.25 bits per heavy atom. The molecule has 1 aliphatic carbocycles. The number of anilines is 1. The van der Waals surface area contributed by atoms with Gasteiger partial charge < -0.3 is 15.7 Å². The summed E-state index contributed by atoms with van der Waals surface area (Å²) in [5.41, 5.74) is 1.77. The van der Waals surface area contributed by atoms with Crippen LogP contribution in [0.4, 0.5) is 5.69 Å². The number of rotatable bonds is 6. The summed E-state index contributed by atoms with van der Waals surface area (Å²) in [6.45, 7) is 3.54. The van der Waals surface area contributed by atoms with Crippen molar-refractivity contribution >= 4 is 23.0 Å². The largest absolute Gasteiger partial charge is 0.390 e. The van der Waals surface area contributed by atoms with Crippen LogP contribution in [-0.4, -0.2) is 39.2 Å². The van der Waals surface area contributed by atoms with Gasteiger partial charge in [0, 0.05) is 19.2 Å². The predicted molar refractivity (Wildman–Crippen MR) is 108 cm³/mol. The number of nitrogens with one attached hydrogen (secondary N) is 2. The van der Waals surface area contributed by atoms with Crippen LogP contribution >= 0.6 is 0 Å². The van der Waals surface area contributed by atoms with E-state index >= 15 is 0 Å². The van der Waals surface area contributed by atoms with Gasteiger partial charge in [-0.1, -0.05) is 19.3 Å². The predicted octanol–water partition coefficient (Wildman–Crippen LogP) is 2.92. The smallest absolute Gasteiger partial charge is 0.254 e. The monoisotopic (exact) mass is 386 g/mol. The summed E-state index contributed by atoms with van der Waals surface area (Å²) < 4.78 is 1.65. The Bertz CT molecular complexity index is 860. The molecule has 0 radical (unpaired) electrons. The number of hydrogen-bond acceptors (Lipinski definition) is 4. The van der Waals surface area contributed by atoms with E-state index in [4.69, 9.17) is 0 Å². The third kappa shape index (κ3) is 4.90. The maximum Gasteiger partial charge on any atom is 0.254 e. The molecule has 2 amide bonds. The van der Waals surface area contributed by atoms with E-state index in [1.54, 1.807) is 37.7 Å². The van der Waals surface area contributed by atoms with Crippen molar-refractivity contribution in [2.75, 3.05) is 12.4 Å². The van der Waals surface area contributed by atoms with E-state index in [1.165, 1.54) is 6.42 Å². The molecule has 0 bridgehead atoms. The number of carbonyl (C=O) groups excluding carboxylic acids is 2. The van der Waals surface area contributed by atoms with Crippen LogP contribution in [0.15, 0.2) is 18.3 Å². The third-order valence-electron chi connectivity index (χ3n) is 5.35. The molecular formula is C21H30N4O3.